The Kier molecular flexibility index (Phi) is 8.86. The zero-order valence-corrected chi connectivity index (χ0v) is 24.3. The van der Waals surface area contributed by atoms with E-state index in [1.54, 1.807) is 14.1 Å². The molecule has 0 aliphatic heterocycles. The number of esters is 1. The molecular weight excluding hydrogens is 526 g/mol. The Morgan fingerprint density at radius 2 is 1.80 bits per heavy atom. The minimum Gasteiger partial charge on any atom is -0.459 e. The van der Waals surface area contributed by atoms with Gasteiger partial charge in [0.15, 0.2) is 5.65 Å². The number of amides is 3. The molecular formula is C29H37N7O5. The number of hydrogen-bond donors (Lipinski definition) is 2. The molecule has 3 aromatic rings. The highest BCUT2D eigenvalue weighted by Gasteiger charge is 2.37. The first kappa shape index (κ1) is 29.5. The van der Waals surface area contributed by atoms with Gasteiger partial charge in [-0.1, -0.05) is 51.1 Å². The Balaban J connectivity index is 1.72. The number of fused-ring (bicyclic) bond motifs is 1. The van der Waals surface area contributed by atoms with Crippen LogP contribution in [0.2, 0.25) is 0 Å². The van der Waals surface area contributed by atoms with Crippen molar-refractivity contribution in [3.63, 3.8) is 0 Å². The summed E-state index contributed by atoms with van der Waals surface area (Å²) in [7, 11) is 3.13. The van der Waals surface area contributed by atoms with E-state index < -0.39 is 18.1 Å². The van der Waals surface area contributed by atoms with Crippen LogP contribution in [0.5, 0.6) is 5.88 Å². The number of rotatable bonds is 7. The summed E-state index contributed by atoms with van der Waals surface area (Å²) in [6.07, 6.45) is 0.788. The van der Waals surface area contributed by atoms with Gasteiger partial charge in [0.25, 0.3) is 5.69 Å². The number of ether oxygens (including phenoxy) is 2. The molecule has 1 saturated carbocycles. The number of benzene rings is 1. The lowest BCUT2D eigenvalue weighted by atomic mass is 9.75. The minimum atomic E-state index is -0.734. The van der Waals surface area contributed by atoms with Crippen LogP contribution in [0, 0.1) is 24.3 Å². The van der Waals surface area contributed by atoms with Crippen LogP contribution >= 0.6 is 0 Å². The van der Waals surface area contributed by atoms with E-state index in [0.717, 1.165) is 18.4 Å². The van der Waals surface area contributed by atoms with Crippen molar-refractivity contribution < 1.29 is 23.9 Å². The summed E-state index contributed by atoms with van der Waals surface area (Å²) in [4.78, 5) is 50.0. The third-order valence-corrected chi connectivity index (χ3v) is 7.41. The van der Waals surface area contributed by atoms with E-state index in [9.17, 15) is 14.4 Å². The van der Waals surface area contributed by atoms with E-state index in [1.165, 1.54) is 14.3 Å². The van der Waals surface area contributed by atoms with Crippen molar-refractivity contribution in [1.82, 2.24) is 24.4 Å². The van der Waals surface area contributed by atoms with Gasteiger partial charge >= 0.3 is 18.1 Å². The molecule has 0 bridgehead atoms. The molecule has 1 aliphatic rings. The fourth-order valence-corrected chi connectivity index (χ4v) is 5.49. The maximum Gasteiger partial charge on any atom is 0.415 e. The molecule has 0 radical (unpaired) electrons. The summed E-state index contributed by atoms with van der Waals surface area (Å²) in [6, 6.07) is 8.97. The molecule has 2 unspecified atom stereocenters. The van der Waals surface area contributed by atoms with Gasteiger partial charge in [0, 0.05) is 27.2 Å². The number of H-pyrrole nitrogens is 1. The lowest BCUT2D eigenvalue weighted by Crippen LogP contribution is -2.37. The summed E-state index contributed by atoms with van der Waals surface area (Å²) in [5, 5.41) is 5.43. The van der Waals surface area contributed by atoms with Crippen molar-refractivity contribution in [3.8, 4) is 5.88 Å². The number of nitrogens with zero attached hydrogens (tertiary/aromatic N) is 5. The molecule has 1 aliphatic carbocycles. The Hall–Kier alpha value is -4.53. The normalized spacial score (nSPS) is 20.2. The second-order valence-electron chi connectivity index (χ2n) is 11.0. The van der Waals surface area contributed by atoms with E-state index in [4.69, 9.17) is 16.0 Å². The summed E-state index contributed by atoms with van der Waals surface area (Å²) in [5.41, 5.74) is 0.580. The van der Waals surface area contributed by atoms with Crippen molar-refractivity contribution in [2.45, 2.75) is 53.2 Å². The van der Waals surface area contributed by atoms with Crippen molar-refractivity contribution in [1.29, 1.82) is 0 Å². The van der Waals surface area contributed by atoms with Crippen LogP contribution in [0.15, 0.2) is 30.3 Å². The quantitative estimate of drug-likeness (QED) is 0.287. The molecule has 2 N–H and O–H groups in total. The van der Waals surface area contributed by atoms with E-state index in [1.807, 2.05) is 37.3 Å². The lowest BCUT2D eigenvalue weighted by Gasteiger charge is -2.37. The molecule has 2 heterocycles. The van der Waals surface area contributed by atoms with Gasteiger partial charge in [-0.15, -0.1) is 0 Å². The average molecular weight is 564 g/mol. The van der Waals surface area contributed by atoms with Gasteiger partial charge in [-0.05, 0) is 43.1 Å². The zero-order valence-electron chi connectivity index (χ0n) is 24.3. The first-order valence-corrected chi connectivity index (χ1v) is 13.8. The number of carbonyl (C=O) groups is 3. The maximum atomic E-state index is 13.7. The number of urea groups is 1. The van der Waals surface area contributed by atoms with Gasteiger partial charge in [0.2, 0.25) is 11.8 Å². The highest BCUT2D eigenvalue weighted by atomic mass is 16.6. The van der Waals surface area contributed by atoms with Crippen LogP contribution in [0.3, 0.4) is 0 Å². The van der Waals surface area contributed by atoms with Gasteiger partial charge in [-0.25, -0.2) is 23.7 Å². The van der Waals surface area contributed by atoms with Gasteiger partial charge < -0.3 is 19.3 Å². The minimum absolute atomic E-state index is 0.00596. The molecule has 0 spiro atoms. The molecule has 41 heavy (non-hydrogen) atoms. The molecule has 12 nitrogen and oxygen atoms in total. The van der Waals surface area contributed by atoms with Crippen molar-refractivity contribution in [2.24, 2.45) is 17.8 Å². The molecule has 218 valence electrons. The zero-order chi connectivity index (χ0) is 29.8. The predicted octanol–water partition coefficient (Wildman–Crippen LogP) is 5.56. The second kappa shape index (κ2) is 12.3. The van der Waals surface area contributed by atoms with Crippen molar-refractivity contribution in [3.05, 3.63) is 52.9 Å². The topological polar surface area (TPSA) is 126 Å². The standard InChI is InChI=1S/C29H37N7O5/c1-8-35(16-20-12-10-9-11-13-20)29(39)41-25-22(30-5)21(24-31-27(33-36(24)25)32-28(38)34(6)7)26(37)40-23-18(3)14-17(2)15-19(23)4/h9-13,17-19,23H,8,14-16H2,1-4,6-7H3,(H2,31,32,33,38). The number of carbonyl (C=O) groups excluding carboxylic acids is 3. The molecule has 1 fully saturated rings. The molecule has 12 heteroatoms. The Bertz CT molecular complexity index is 1440. The van der Waals surface area contributed by atoms with Crippen LogP contribution in [0.1, 0.15) is 56.5 Å². The van der Waals surface area contributed by atoms with Crippen LogP contribution in [0.4, 0.5) is 21.2 Å². The SMILES string of the molecule is [C-]#[N+]c1c(C(=O)OC2C(C)CC(C)CC2C)c2nc(NC(=O)N(C)C)[nH]n2c1OC(=O)N(CC)Cc1ccccc1. The van der Waals surface area contributed by atoms with Gasteiger partial charge in [-0.2, -0.15) is 4.98 Å². The van der Waals surface area contributed by atoms with Crippen molar-refractivity contribution >= 4 is 35.4 Å². The van der Waals surface area contributed by atoms with Gasteiger partial charge in [0.05, 0.1) is 6.57 Å². The van der Waals surface area contributed by atoms with E-state index >= 15 is 0 Å². The Morgan fingerprint density at radius 1 is 1.15 bits per heavy atom. The molecule has 2 atom stereocenters. The highest BCUT2D eigenvalue weighted by molar-refractivity contribution is 6.05. The first-order valence-electron chi connectivity index (χ1n) is 13.8. The van der Waals surface area contributed by atoms with Crippen LogP contribution < -0.4 is 10.1 Å². The number of nitrogens with one attached hydrogen (secondary N) is 2. The van der Waals surface area contributed by atoms with Gasteiger partial charge in [-0.3, -0.25) is 10.4 Å². The largest absolute Gasteiger partial charge is 0.459 e. The third kappa shape index (κ3) is 6.29. The number of anilines is 1. The summed E-state index contributed by atoms with van der Waals surface area (Å²) in [6.45, 7) is 16.6. The average Bonchev–Trinajstić information content (AvgIpc) is 3.45. The molecule has 4 rings (SSSR count). The summed E-state index contributed by atoms with van der Waals surface area (Å²) >= 11 is 0. The molecule has 3 amide bonds. The number of aromatic amines is 1. The monoisotopic (exact) mass is 563 g/mol. The smallest absolute Gasteiger partial charge is 0.415 e. The van der Waals surface area contributed by atoms with Crippen molar-refractivity contribution in [2.75, 3.05) is 26.0 Å². The van der Waals surface area contributed by atoms with E-state index in [2.05, 4.69) is 41.0 Å². The molecule has 0 saturated heterocycles. The van der Waals surface area contributed by atoms with E-state index in [0.29, 0.717) is 12.5 Å². The number of aromatic nitrogens is 3. The van der Waals surface area contributed by atoms with Crippen LogP contribution in [0.25, 0.3) is 10.5 Å². The summed E-state index contributed by atoms with van der Waals surface area (Å²) in [5.74, 6) is -0.152. The Labute approximate surface area is 239 Å². The molecule has 2 aromatic heterocycles. The predicted molar refractivity (Wildman–Crippen MR) is 153 cm³/mol. The van der Waals surface area contributed by atoms with Gasteiger partial charge in [0.1, 0.15) is 11.7 Å². The maximum absolute atomic E-state index is 13.7. The highest BCUT2D eigenvalue weighted by Crippen LogP contribution is 2.40. The fraction of sp³-hybridized carbons (Fsp3) is 0.483. The van der Waals surface area contributed by atoms with Crippen LogP contribution in [-0.4, -0.2) is 69.2 Å². The fourth-order valence-electron chi connectivity index (χ4n) is 5.49. The third-order valence-electron chi connectivity index (χ3n) is 7.41. The van der Waals surface area contributed by atoms with Crippen LogP contribution in [-0.2, 0) is 11.3 Å². The first-order chi connectivity index (χ1) is 19.5. The summed E-state index contributed by atoms with van der Waals surface area (Å²) < 4.78 is 13.0. The lowest BCUT2D eigenvalue weighted by molar-refractivity contribution is -0.0249. The van der Waals surface area contributed by atoms with E-state index in [-0.39, 0.29) is 53.2 Å². The second-order valence-corrected chi connectivity index (χ2v) is 11.0. The Morgan fingerprint density at radius 3 is 2.39 bits per heavy atom. The molecule has 1 aromatic carbocycles. The number of hydrogen-bond acceptors (Lipinski definition) is 6.